The van der Waals surface area contributed by atoms with Crippen molar-refractivity contribution in [3.05, 3.63) is 29.8 Å². The van der Waals surface area contributed by atoms with Gasteiger partial charge in [0.2, 0.25) is 0 Å². The smallest absolute Gasteiger partial charge is 0.192 e. The second kappa shape index (κ2) is 8.15. The van der Waals surface area contributed by atoms with Crippen LogP contribution in [-0.4, -0.2) is 38.3 Å². The van der Waals surface area contributed by atoms with Crippen LogP contribution in [-0.2, 0) is 9.47 Å². The molecule has 2 atom stereocenters. The summed E-state index contributed by atoms with van der Waals surface area (Å²) in [7, 11) is 1.73. The second-order valence-electron chi connectivity index (χ2n) is 5.31. The van der Waals surface area contributed by atoms with Crippen molar-refractivity contribution in [2.45, 2.75) is 44.8 Å². The molecule has 2 rings (SSSR count). The summed E-state index contributed by atoms with van der Waals surface area (Å²) in [6.45, 7) is 2.55. The Balaban J connectivity index is 1.90. The molecule has 0 aromatic heterocycles. The molecule has 0 bridgehead atoms. The van der Waals surface area contributed by atoms with Gasteiger partial charge in [-0.2, -0.15) is 0 Å². The maximum atomic E-state index is 12.3. The Labute approximate surface area is 126 Å². The Hall–Kier alpha value is -1.39. The summed E-state index contributed by atoms with van der Waals surface area (Å²) in [5, 5.41) is 0. The van der Waals surface area contributed by atoms with Crippen LogP contribution in [0.1, 0.15) is 43.0 Å². The van der Waals surface area contributed by atoms with Gasteiger partial charge in [0.05, 0.1) is 24.4 Å². The summed E-state index contributed by atoms with van der Waals surface area (Å²) in [4.78, 5) is 12.3. The van der Waals surface area contributed by atoms with E-state index in [1.54, 1.807) is 13.2 Å². The van der Waals surface area contributed by atoms with Crippen molar-refractivity contribution >= 4 is 5.78 Å². The van der Waals surface area contributed by atoms with Crippen LogP contribution in [0.2, 0.25) is 0 Å². The largest absolute Gasteiger partial charge is 0.493 e. The van der Waals surface area contributed by atoms with Gasteiger partial charge in [-0.05, 0) is 44.7 Å². The molecule has 4 heteroatoms. The van der Waals surface area contributed by atoms with Gasteiger partial charge in [0.15, 0.2) is 5.78 Å². The number of ether oxygens (including phenoxy) is 3. The third kappa shape index (κ3) is 4.55. The molecule has 0 saturated heterocycles. The van der Waals surface area contributed by atoms with Crippen LogP contribution in [0, 0.1) is 0 Å². The highest BCUT2D eigenvalue weighted by molar-refractivity contribution is 5.99. The van der Waals surface area contributed by atoms with Gasteiger partial charge in [0.1, 0.15) is 12.4 Å². The minimum Gasteiger partial charge on any atom is -0.493 e. The molecule has 1 saturated carbocycles. The quantitative estimate of drug-likeness (QED) is 0.724. The topological polar surface area (TPSA) is 44.8 Å². The van der Waals surface area contributed by atoms with E-state index in [2.05, 4.69) is 0 Å². The van der Waals surface area contributed by atoms with Crippen LogP contribution < -0.4 is 4.74 Å². The summed E-state index contributed by atoms with van der Waals surface area (Å²) in [6.07, 6.45) is 4.42. The lowest BCUT2D eigenvalue weighted by molar-refractivity contribution is -0.0243. The van der Waals surface area contributed by atoms with Crippen molar-refractivity contribution in [2.75, 3.05) is 20.3 Å². The monoisotopic (exact) mass is 292 g/mol. The van der Waals surface area contributed by atoms with Gasteiger partial charge >= 0.3 is 0 Å². The number of benzene rings is 1. The van der Waals surface area contributed by atoms with E-state index in [1.807, 2.05) is 25.1 Å². The number of hydrogen-bond acceptors (Lipinski definition) is 4. The first-order chi connectivity index (χ1) is 10.2. The molecule has 0 amide bonds. The minimum atomic E-state index is -0.0291. The van der Waals surface area contributed by atoms with Gasteiger partial charge in [0, 0.05) is 7.11 Å². The van der Waals surface area contributed by atoms with E-state index < -0.39 is 0 Å². The van der Waals surface area contributed by atoms with E-state index in [0.717, 1.165) is 25.7 Å². The molecular weight excluding hydrogens is 268 g/mol. The maximum absolute atomic E-state index is 12.3. The van der Waals surface area contributed by atoms with Crippen LogP contribution in [0.5, 0.6) is 5.75 Å². The highest BCUT2D eigenvalue weighted by Gasteiger charge is 2.23. The fourth-order valence-corrected chi connectivity index (χ4v) is 2.72. The molecular formula is C17H24O4. The molecule has 1 aliphatic carbocycles. The molecule has 0 radical (unpaired) electrons. The first-order valence-corrected chi connectivity index (χ1v) is 7.64. The van der Waals surface area contributed by atoms with E-state index in [4.69, 9.17) is 14.2 Å². The third-order valence-electron chi connectivity index (χ3n) is 3.85. The van der Waals surface area contributed by atoms with Crippen LogP contribution in [0.4, 0.5) is 0 Å². The van der Waals surface area contributed by atoms with Gasteiger partial charge in [0.25, 0.3) is 0 Å². The van der Waals surface area contributed by atoms with Crippen molar-refractivity contribution < 1.29 is 19.0 Å². The standard InChI is InChI=1S/C17H24O4/c1-3-20-17-10-5-4-9-15(17)16(18)12-21-14-8-6-7-13(11-14)19-2/h4-5,9-10,13-14H,3,6-8,11-12H2,1-2H3. The molecule has 21 heavy (non-hydrogen) atoms. The fraction of sp³-hybridized carbons (Fsp3) is 0.588. The Morgan fingerprint density at radius 2 is 2.00 bits per heavy atom. The van der Waals surface area contributed by atoms with Gasteiger partial charge in [-0.25, -0.2) is 0 Å². The Bertz CT molecular complexity index is 458. The number of Topliss-reactive ketones (excluding diaryl/α,β-unsaturated/α-hetero) is 1. The molecule has 2 unspecified atom stereocenters. The molecule has 0 spiro atoms. The summed E-state index contributed by atoms with van der Waals surface area (Å²) in [5.74, 6) is 0.602. The second-order valence-corrected chi connectivity index (χ2v) is 5.31. The minimum absolute atomic E-state index is 0.0291. The van der Waals surface area contributed by atoms with E-state index in [1.165, 1.54) is 0 Å². The Morgan fingerprint density at radius 1 is 1.24 bits per heavy atom. The highest BCUT2D eigenvalue weighted by Crippen LogP contribution is 2.24. The van der Waals surface area contributed by atoms with Crippen LogP contribution >= 0.6 is 0 Å². The maximum Gasteiger partial charge on any atom is 0.192 e. The van der Waals surface area contributed by atoms with Crippen LogP contribution in [0.25, 0.3) is 0 Å². The highest BCUT2D eigenvalue weighted by atomic mass is 16.5. The summed E-state index contributed by atoms with van der Waals surface area (Å²) >= 11 is 0. The number of ketones is 1. The number of hydrogen-bond donors (Lipinski definition) is 0. The molecule has 1 fully saturated rings. The van der Waals surface area contributed by atoms with E-state index in [9.17, 15) is 4.79 Å². The summed E-state index contributed by atoms with van der Waals surface area (Å²) < 4.78 is 16.6. The molecule has 1 aromatic rings. The molecule has 0 N–H and O–H groups in total. The molecule has 4 nitrogen and oxygen atoms in total. The predicted molar refractivity (Wildman–Crippen MR) is 80.9 cm³/mol. The zero-order valence-corrected chi connectivity index (χ0v) is 12.8. The van der Waals surface area contributed by atoms with Crippen molar-refractivity contribution in [2.24, 2.45) is 0 Å². The predicted octanol–water partition coefficient (Wildman–Crippen LogP) is 3.24. The molecule has 0 heterocycles. The average molecular weight is 292 g/mol. The number of para-hydroxylation sites is 1. The third-order valence-corrected chi connectivity index (χ3v) is 3.85. The molecule has 1 aromatic carbocycles. The number of carbonyl (C=O) groups excluding carboxylic acids is 1. The lowest BCUT2D eigenvalue weighted by Gasteiger charge is -2.28. The lowest BCUT2D eigenvalue weighted by atomic mass is 9.95. The number of carbonyl (C=O) groups is 1. The zero-order chi connectivity index (χ0) is 15.1. The van der Waals surface area contributed by atoms with Crippen LogP contribution in [0.15, 0.2) is 24.3 Å². The van der Waals surface area contributed by atoms with Gasteiger partial charge < -0.3 is 14.2 Å². The normalized spacial score (nSPS) is 22.0. The van der Waals surface area contributed by atoms with Gasteiger partial charge in [-0.15, -0.1) is 0 Å². The fourth-order valence-electron chi connectivity index (χ4n) is 2.72. The van der Waals surface area contributed by atoms with Crippen molar-refractivity contribution in [1.82, 2.24) is 0 Å². The molecule has 1 aliphatic rings. The van der Waals surface area contributed by atoms with Crippen molar-refractivity contribution in [3.63, 3.8) is 0 Å². The van der Waals surface area contributed by atoms with E-state index in [-0.39, 0.29) is 24.6 Å². The lowest BCUT2D eigenvalue weighted by Crippen LogP contribution is -2.29. The molecule has 0 aliphatic heterocycles. The number of rotatable bonds is 7. The van der Waals surface area contributed by atoms with Crippen LogP contribution in [0.3, 0.4) is 0 Å². The summed E-state index contributed by atoms with van der Waals surface area (Å²) in [5.41, 5.74) is 0.596. The first-order valence-electron chi connectivity index (χ1n) is 7.64. The average Bonchev–Trinajstić information content (AvgIpc) is 2.53. The SMILES string of the molecule is CCOc1ccccc1C(=O)COC1CCCC(OC)C1. The van der Waals surface area contributed by atoms with Crippen molar-refractivity contribution in [3.8, 4) is 5.75 Å². The number of methoxy groups -OCH3 is 1. The zero-order valence-electron chi connectivity index (χ0n) is 12.8. The first kappa shape index (κ1) is 16.0. The van der Waals surface area contributed by atoms with E-state index >= 15 is 0 Å². The van der Waals surface area contributed by atoms with Gasteiger partial charge in [-0.1, -0.05) is 12.1 Å². The molecule has 116 valence electrons. The Morgan fingerprint density at radius 3 is 2.76 bits per heavy atom. The Kier molecular flexibility index (Phi) is 6.21. The summed E-state index contributed by atoms with van der Waals surface area (Å²) in [6, 6.07) is 7.32. The van der Waals surface area contributed by atoms with Gasteiger partial charge in [-0.3, -0.25) is 4.79 Å². The van der Waals surface area contributed by atoms with E-state index in [0.29, 0.717) is 17.9 Å². The van der Waals surface area contributed by atoms with Crippen molar-refractivity contribution in [1.29, 1.82) is 0 Å².